The Labute approximate surface area is 83.9 Å². The molecule has 2 aromatic rings. The highest BCUT2D eigenvalue weighted by molar-refractivity contribution is 9.10. The Balaban J connectivity index is 2.89. The lowest BCUT2D eigenvalue weighted by Gasteiger charge is -1.95. The van der Waals surface area contributed by atoms with Gasteiger partial charge in [-0.1, -0.05) is 11.6 Å². The zero-order chi connectivity index (χ0) is 8.72. The molecule has 0 spiro atoms. The summed E-state index contributed by atoms with van der Waals surface area (Å²) >= 11 is 9.40. The molecular weight excluding hydrogens is 237 g/mol. The van der Waals surface area contributed by atoms with Crippen LogP contribution in [-0.4, -0.2) is 4.98 Å². The third kappa shape index (κ3) is 1.15. The van der Waals surface area contributed by atoms with Gasteiger partial charge in [0.05, 0.1) is 5.02 Å². The molecule has 1 aromatic carbocycles. The quantitative estimate of drug-likeness (QED) is 0.726. The summed E-state index contributed by atoms with van der Waals surface area (Å²) < 4.78 is 0.909. The topological polar surface area (TPSA) is 15.8 Å². The molecule has 0 saturated carbocycles. The number of aromatic amines is 1. The highest BCUT2D eigenvalue weighted by Crippen LogP contribution is 2.30. The number of halogens is 2. The van der Waals surface area contributed by atoms with E-state index in [1.54, 1.807) is 0 Å². The zero-order valence-corrected chi connectivity index (χ0v) is 8.75. The summed E-state index contributed by atoms with van der Waals surface area (Å²) in [6, 6.07) is 7.06. The third-order valence-corrected chi connectivity index (χ3v) is 3.01. The minimum atomic E-state index is 0.719. The van der Waals surface area contributed by atoms with Gasteiger partial charge in [0.25, 0.3) is 0 Å². The van der Waals surface area contributed by atoms with Gasteiger partial charge >= 0.3 is 0 Å². The van der Waals surface area contributed by atoms with Crippen molar-refractivity contribution >= 4 is 38.4 Å². The van der Waals surface area contributed by atoms with E-state index in [0.717, 1.165) is 26.1 Å². The summed E-state index contributed by atoms with van der Waals surface area (Å²) in [5.41, 5.74) is 2.03. The van der Waals surface area contributed by atoms with Crippen LogP contribution in [0.3, 0.4) is 0 Å². The van der Waals surface area contributed by atoms with E-state index in [1.807, 2.05) is 19.1 Å². The fraction of sp³-hybridized carbons (Fsp3) is 0.111. The number of hydrogen-bond donors (Lipinski definition) is 1. The minimum Gasteiger partial charge on any atom is -0.358 e. The normalized spacial score (nSPS) is 10.9. The van der Waals surface area contributed by atoms with E-state index in [0.29, 0.717) is 0 Å². The first kappa shape index (κ1) is 8.14. The monoisotopic (exact) mass is 242 g/mol. The molecule has 2 rings (SSSR count). The van der Waals surface area contributed by atoms with E-state index in [9.17, 15) is 0 Å². The van der Waals surface area contributed by atoms with Gasteiger partial charge in [-0.2, -0.15) is 0 Å². The highest BCUT2D eigenvalue weighted by atomic mass is 79.9. The van der Waals surface area contributed by atoms with Crippen molar-refractivity contribution in [2.24, 2.45) is 0 Å². The van der Waals surface area contributed by atoms with E-state index in [2.05, 4.69) is 27.0 Å². The van der Waals surface area contributed by atoms with E-state index >= 15 is 0 Å². The molecular formula is C9H6BrClN. The second kappa shape index (κ2) is 2.79. The first-order chi connectivity index (χ1) is 5.68. The molecule has 3 heteroatoms. The van der Waals surface area contributed by atoms with Gasteiger partial charge in [-0.3, -0.25) is 0 Å². The fourth-order valence-corrected chi connectivity index (χ4v) is 1.74. The van der Waals surface area contributed by atoms with Crippen LogP contribution in [0.4, 0.5) is 0 Å². The van der Waals surface area contributed by atoms with Crippen molar-refractivity contribution in [3.63, 3.8) is 0 Å². The lowest BCUT2D eigenvalue weighted by Crippen LogP contribution is -1.71. The van der Waals surface area contributed by atoms with Crippen molar-refractivity contribution in [2.75, 3.05) is 0 Å². The average molecular weight is 244 g/mol. The van der Waals surface area contributed by atoms with Crippen LogP contribution in [0.25, 0.3) is 10.9 Å². The lowest BCUT2D eigenvalue weighted by atomic mass is 10.2. The molecule has 0 bridgehead atoms. The second-order valence-corrected chi connectivity index (χ2v) is 3.89. The third-order valence-electron chi connectivity index (χ3n) is 1.73. The summed E-state index contributed by atoms with van der Waals surface area (Å²) in [6.45, 7) is 1.96. The molecule has 0 aliphatic carbocycles. The summed E-state index contributed by atoms with van der Waals surface area (Å²) in [5.74, 6) is 0. The molecule has 0 fully saturated rings. The maximum atomic E-state index is 6.04. The van der Waals surface area contributed by atoms with Crippen LogP contribution in [0.15, 0.2) is 16.6 Å². The van der Waals surface area contributed by atoms with Crippen molar-refractivity contribution in [3.8, 4) is 0 Å². The van der Waals surface area contributed by atoms with Crippen molar-refractivity contribution in [2.45, 2.75) is 6.92 Å². The van der Waals surface area contributed by atoms with Crippen LogP contribution in [0.5, 0.6) is 0 Å². The summed E-state index contributed by atoms with van der Waals surface area (Å²) in [7, 11) is 0. The largest absolute Gasteiger partial charge is 0.358 e. The second-order valence-electron chi connectivity index (χ2n) is 2.66. The van der Waals surface area contributed by atoms with Gasteiger partial charge in [0, 0.05) is 27.1 Å². The van der Waals surface area contributed by atoms with Gasteiger partial charge in [0.1, 0.15) is 0 Å². The fourth-order valence-electron chi connectivity index (χ4n) is 1.20. The minimum absolute atomic E-state index is 0.719. The van der Waals surface area contributed by atoms with Crippen LogP contribution < -0.4 is 0 Å². The molecule has 1 N–H and O–H groups in total. The number of H-pyrrole nitrogens is 1. The van der Waals surface area contributed by atoms with Crippen LogP contribution >= 0.6 is 27.5 Å². The Morgan fingerprint density at radius 1 is 1.50 bits per heavy atom. The van der Waals surface area contributed by atoms with Gasteiger partial charge in [0.2, 0.25) is 0 Å². The maximum Gasteiger partial charge on any atom is 0.0648 e. The lowest BCUT2D eigenvalue weighted by molar-refractivity contribution is 1.30. The van der Waals surface area contributed by atoms with Crippen molar-refractivity contribution in [1.29, 1.82) is 0 Å². The van der Waals surface area contributed by atoms with E-state index < -0.39 is 0 Å². The SMILES string of the molecule is Cc1[c]c2c(Cl)c(Br)ccc2[nH]1. The number of benzene rings is 1. The number of aryl methyl sites for hydroxylation is 1. The van der Waals surface area contributed by atoms with Crippen molar-refractivity contribution in [3.05, 3.63) is 33.4 Å². The molecule has 0 atom stereocenters. The van der Waals surface area contributed by atoms with Crippen LogP contribution in [-0.2, 0) is 0 Å². The maximum absolute atomic E-state index is 6.04. The molecule has 0 aliphatic rings. The summed E-state index contributed by atoms with van der Waals surface area (Å²) in [4.78, 5) is 3.17. The molecule has 61 valence electrons. The summed E-state index contributed by atoms with van der Waals surface area (Å²) in [6.07, 6.45) is 0. The van der Waals surface area contributed by atoms with Crippen LogP contribution in [0, 0.1) is 13.0 Å². The molecule has 1 heterocycles. The number of rotatable bonds is 0. The number of nitrogens with one attached hydrogen (secondary N) is 1. The molecule has 1 nitrogen and oxygen atoms in total. The van der Waals surface area contributed by atoms with Crippen LogP contribution in [0.2, 0.25) is 5.02 Å². The van der Waals surface area contributed by atoms with E-state index in [-0.39, 0.29) is 0 Å². The molecule has 0 unspecified atom stereocenters. The zero-order valence-electron chi connectivity index (χ0n) is 6.41. The molecule has 1 aromatic heterocycles. The van der Waals surface area contributed by atoms with Gasteiger partial charge in [-0.25, -0.2) is 0 Å². The van der Waals surface area contributed by atoms with E-state index in [4.69, 9.17) is 11.6 Å². The first-order valence-electron chi connectivity index (χ1n) is 3.54. The Bertz CT molecular complexity index is 433. The van der Waals surface area contributed by atoms with Gasteiger partial charge in [-0.15, -0.1) is 0 Å². The van der Waals surface area contributed by atoms with E-state index in [1.165, 1.54) is 0 Å². The molecule has 0 amide bonds. The number of aromatic nitrogens is 1. The smallest absolute Gasteiger partial charge is 0.0648 e. The average Bonchev–Trinajstić information content (AvgIpc) is 2.39. The molecule has 0 aliphatic heterocycles. The van der Waals surface area contributed by atoms with Crippen molar-refractivity contribution in [1.82, 2.24) is 4.98 Å². The predicted molar refractivity (Wildman–Crippen MR) is 54.6 cm³/mol. The Morgan fingerprint density at radius 3 is 3.00 bits per heavy atom. The number of fused-ring (bicyclic) bond motifs is 1. The number of hydrogen-bond acceptors (Lipinski definition) is 0. The van der Waals surface area contributed by atoms with Gasteiger partial charge in [0.15, 0.2) is 0 Å². The molecule has 1 radical (unpaired) electrons. The Kier molecular flexibility index (Phi) is 1.89. The Hall–Kier alpha value is -0.470. The first-order valence-corrected chi connectivity index (χ1v) is 4.71. The van der Waals surface area contributed by atoms with Crippen molar-refractivity contribution < 1.29 is 0 Å². The standard InChI is InChI=1S/C9H6BrClN/c1-5-4-6-8(12-5)3-2-7(10)9(6)11/h2-3,12H,1H3. The van der Waals surface area contributed by atoms with Crippen LogP contribution in [0.1, 0.15) is 5.69 Å². The summed E-state index contributed by atoms with van der Waals surface area (Å²) in [5, 5.41) is 1.67. The molecule has 0 saturated heterocycles. The Morgan fingerprint density at radius 2 is 2.25 bits per heavy atom. The van der Waals surface area contributed by atoms with Gasteiger partial charge in [-0.05, 0) is 35.0 Å². The highest BCUT2D eigenvalue weighted by Gasteiger charge is 2.05. The molecule has 12 heavy (non-hydrogen) atoms. The predicted octanol–water partition coefficient (Wildman–Crippen LogP) is 3.69. The van der Waals surface area contributed by atoms with Gasteiger partial charge < -0.3 is 4.98 Å².